The van der Waals surface area contributed by atoms with E-state index in [1.807, 2.05) is 30.9 Å². The molecule has 0 amide bonds. The Morgan fingerprint density at radius 2 is 1.94 bits per heavy atom. The molecule has 1 aliphatic rings. The zero-order valence-corrected chi connectivity index (χ0v) is 21.7. The number of halogens is 2. The van der Waals surface area contributed by atoms with Crippen LogP contribution in [0.4, 0.5) is 0 Å². The van der Waals surface area contributed by atoms with Crippen LogP contribution < -0.4 is 5.32 Å². The summed E-state index contributed by atoms with van der Waals surface area (Å²) in [7, 11) is 4.05. The topological polar surface area (TPSA) is 51.0 Å². The van der Waals surface area contributed by atoms with Crippen molar-refractivity contribution in [2.24, 2.45) is 12.0 Å². The number of aromatic nitrogens is 1. The molecule has 0 spiro atoms. The van der Waals surface area contributed by atoms with E-state index in [0.717, 1.165) is 55.8 Å². The lowest BCUT2D eigenvalue weighted by atomic mass is 10.1. The second kappa shape index (κ2) is 13.3. The van der Waals surface area contributed by atoms with Crippen molar-refractivity contribution in [3.8, 4) is 0 Å². The molecule has 1 saturated heterocycles. The van der Waals surface area contributed by atoms with Crippen LogP contribution in [0.25, 0.3) is 0 Å². The molecule has 0 atom stereocenters. The Morgan fingerprint density at radius 3 is 2.55 bits per heavy atom. The second-order valence-corrected chi connectivity index (χ2v) is 8.16. The maximum atomic E-state index is 6.11. The zero-order chi connectivity index (χ0) is 21.3. The van der Waals surface area contributed by atoms with Crippen molar-refractivity contribution in [3.63, 3.8) is 0 Å². The Balaban J connectivity index is 0.00000341. The van der Waals surface area contributed by atoms with Gasteiger partial charge in [0.1, 0.15) is 0 Å². The van der Waals surface area contributed by atoms with Gasteiger partial charge >= 0.3 is 0 Å². The van der Waals surface area contributed by atoms with Crippen LogP contribution in [-0.4, -0.2) is 48.3 Å². The van der Waals surface area contributed by atoms with Gasteiger partial charge in [-0.15, -0.1) is 24.0 Å². The van der Waals surface area contributed by atoms with Crippen molar-refractivity contribution in [3.05, 3.63) is 58.4 Å². The minimum atomic E-state index is 0. The number of aryl methyl sites for hydroxylation is 1. The standard InChI is InChI=1S/C23H33ClN4O2.HI/c1-4-25-23(28(3)16-21-13-20(24)15-27(21)2)26-14-18-5-7-19(8-6-18)17-30-22-9-11-29-12-10-22;/h5-8,13,15,22H,4,9-12,14,16-17H2,1-3H3,(H,25,26);1H. The van der Waals surface area contributed by atoms with E-state index in [4.69, 9.17) is 26.1 Å². The van der Waals surface area contributed by atoms with Gasteiger partial charge in [0.25, 0.3) is 0 Å². The normalized spacial score (nSPS) is 14.9. The van der Waals surface area contributed by atoms with E-state index < -0.39 is 0 Å². The van der Waals surface area contributed by atoms with Gasteiger partial charge < -0.3 is 24.3 Å². The first-order chi connectivity index (χ1) is 14.5. The minimum absolute atomic E-state index is 0. The molecule has 1 fully saturated rings. The Labute approximate surface area is 208 Å². The first-order valence-corrected chi connectivity index (χ1v) is 11.0. The van der Waals surface area contributed by atoms with E-state index in [0.29, 0.717) is 19.3 Å². The smallest absolute Gasteiger partial charge is 0.194 e. The first-order valence-electron chi connectivity index (χ1n) is 10.6. The molecule has 0 aliphatic carbocycles. The summed E-state index contributed by atoms with van der Waals surface area (Å²) in [6.45, 7) is 6.52. The summed E-state index contributed by atoms with van der Waals surface area (Å²) < 4.78 is 13.4. The van der Waals surface area contributed by atoms with Crippen molar-refractivity contribution >= 4 is 41.5 Å². The number of hydrogen-bond donors (Lipinski definition) is 1. The van der Waals surface area contributed by atoms with Gasteiger partial charge in [-0.25, -0.2) is 4.99 Å². The molecule has 3 rings (SSSR count). The monoisotopic (exact) mass is 560 g/mol. The highest BCUT2D eigenvalue weighted by Crippen LogP contribution is 2.16. The molecule has 0 unspecified atom stereocenters. The Kier molecular flexibility index (Phi) is 11.1. The molecular formula is C23H34ClIN4O2. The maximum absolute atomic E-state index is 6.11. The minimum Gasteiger partial charge on any atom is -0.381 e. The predicted molar refractivity (Wildman–Crippen MR) is 137 cm³/mol. The molecule has 8 heteroatoms. The van der Waals surface area contributed by atoms with Crippen LogP contribution in [0.2, 0.25) is 5.02 Å². The molecule has 172 valence electrons. The molecule has 1 aliphatic heterocycles. The van der Waals surface area contributed by atoms with Gasteiger partial charge in [0, 0.05) is 45.7 Å². The maximum Gasteiger partial charge on any atom is 0.194 e. The highest BCUT2D eigenvalue weighted by atomic mass is 127. The number of aliphatic imine (C=N–C) groups is 1. The highest BCUT2D eigenvalue weighted by Gasteiger charge is 2.14. The van der Waals surface area contributed by atoms with E-state index >= 15 is 0 Å². The summed E-state index contributed by atoms with van der Waals surface area (Å²) in [5.41, 5.74) is 3.51. The van der Waals surface area contributed by atoms with Crippen molar-refractivity contribution in [2.75, 3.05) is 26.8 Å². The Morgan fingerprint density at radius 1 is 1.26 bits per heavy atom. The Bertz CT molecular complexity index is 819. The third kappa shape index (κ3) is 8.29. The van der Waals surface area contributed by atoms with Crippen LogP contribution in [0.3, 0.4) is 0 Å². The number of benzene rings is 1. The molecule has 0 bridgehead atoms. The van der Waals surface area contributed by atoms with E-state index in [1.165, 1.54) is 11.1 Å². The van der Waals surface area contributed by atoms with Crippen LogP contribution in [-0.2, 0) is 36.2 Å². The Hall–Kier alpha value is -1.29. The van der Waals surface area contributed by atoms with Crippen molar-refractivity contribution < 1.29 is 9.47 Å². The van der Waals surface area contributed by atoms with Crippen LogP contribution >= 0.6 is 35.6 Å². The van der Waals surface area contributed by atoms with E-state index in [9.17, 15) is 0 Å². The van der Waals surface area contributed by atoms with Gasteiger partial charge in [-0.2, -0.15) is 0 Å². The summed E-state index contributed by atoms with van der Waals surface area (Å²) in [4.78, 5) is 6.93. The van der Waals surface area contributed by atoms with Gasteiger partial charge in [-0.1, -0.05) is 35.9 Å². The van der Waals surface area contributed by atoms with Crippen molar-refractivity contribution in [1.82, 2.24) is 14.8 Å². The molecule has 1 aromatic heterocycles. The molecule has 1 aromatic carbocycles. The highest BCUT2D eigenvalue weighted by molar-refractivity contribution is 14.0. The molecule has 31 heavy (non-hydrogen) atoms. The number of nitrogens with zero attached hydrogens (tertiary/aromatic N) is 3. The number of guanidine groups is 1. The van der Waals surface area contributed by atoms with Gasteiger partial charge in [0.05, 0.1) is 30.8 Å². The summed E-state index contributed by atoms with van der Waals surface area (Å²) in [6.07, 6.45) is 4.22. The van der Waals surface area contributed by atoms with E-state index in [1.54, 1.807) is 0 Å². The summed E-state index contributed by atoms with van der Waals surface area (Å²) >= 11 is 6.11. The summed E-state index contributed by atoms with van der Waals surface area (Å²) in [5, 5.41) is 4.12. The SMILES string of the molecule is CCNC(=NCc1ccc(COC2CCOCC2)cc1)N(C)Cc1cc(Cl)cn1C.I. The van der Waals surface area contributed by atoms with Gasteiger partial charge in [-0.05, 0) is 37.0 Å². The fraction of sp³-hybridized carbons (Fsp3) is 0.522. The molecule has 2 heterocycles. The molecule has 6 nitrogen and oxygen atoms in total. The molecule has 2 aromatic rings. The average Bonchev–Trinajstić information content (AvgIpc) is 3.07. The van der Waals surface area contributed by atoms with Gasteiger partial charge in [0.2, 0.25) is 0 Å². The lowest BCUT2D eigenvalue weighted by molar-refractivity contribution is -0.0390. The largest absolute Gasteiger partial charge is 0.381 e. The first kappa shape index (κ1) is 26.0. The van der Waals surface area contributed by atoms with Crippen LogP contribution in [0.5, 0.6) is 0 Å². The van der Waals surface area contributed by atoms with E-state index in [-0.39, 0.29) is 24.0 Å². The third-order valence-corrected chi connectivity index (χ3v) is 5.47. The molecule has 0 radical (unpaired) electrons. The van der Waals surface area contributed by atoms with Crippen molar-refractivity contribution in [2.45, 2.75) is 45.6 Å². The summed E-state index contributed by atoms with van der Waals surface area (Å²) in [5.74, 6) is 0.877. The van der Waals surface area contributed by atoms with Crippen LogP contribution in [0.15, 0.2) is 41.5 Å². The fourth-order valence-corrected chi connectivity index (χ4v) is 3.75. The van der Waals surface area contributed by atoms with Crippen LogP contribution in [0, 0.1) is 0 Å². The molecular weight excluding hydrogens is 527 g/mol. The average molecular weight is 561 g/mol. The quantitative estimate of drug-likeness (QED) is 0.292. The number of ether oxygens (including phenoxy) is 2. The van der Waals surface area contributed by atoms with E-state index in [2.05, 4.69) is 41.4 Å². The van der Waals surface area contributed by atoms with Gasteiger partial charge in [0.15, 0.2) is 5.96 Å². The summed E-state index contributed by atoms with van der Waals surface area (Å²) in [6, 6.07) is 10.5. The lowest BCUT2D eigenvalue weighted by Gasteiger charge is -2.22. The molecule has 1 N–H and O–H groups in total. The number of nitrogens with one attached hydrogen (secondary N) is 1. The number of hydrogen-bond acceptors (Lipinski definition) is 3. The van der Waals surface area contributed by atoms with Crippen molar-refractivity contribution in [1.29, 1.82) is 0 Å². The van der Waals surface area contributed by atoms with Crippen LogP contribution in [0.1, 0.15) is 36.6 Å². The fourth-order valence-electron chi connectivity index (χ4n) is 3.47. The number of rotatable bonds is 8. The predicted octanol–water partition coefficient (Wildman–Crippen LogP) is 4.59. The lowest BCUT2D eigenvalue weighted by Crippen LogP contribution is -2.38. The third-order valence-electron chi connectivity index (χ3n) is 5.26. The zero-order valence-electron chi connectivity index (χ0n) is 18.6. The molecule has 0 saturated carbocycles. The van der Waals surface area contributed by atoms with Gasteiger partial charge in [-0.3, -0.25) is 0 Å². The second-order valence-electron chi connectivity index (χ2n) is 7.73.